The van der Waals surface area contributed by atoms with Crippen LogP contribution in [0.5, 0.6) is 11.5 Å². The quantitative estimate of drug-likeness (QED) is 0.353. The SMILES string of the molecule is CCOc1ccc(-c2nc3n(n2)C(c2ccc(F)cc2)C(C(=O)Nc2ccccc2OC)=C(C)N3)cc1. The van der Waals surface area contributed by atoms with Crippen molar-refractivity contribution >= 4 is 17.5 Å². The molecule has 1 atom stereocenters. The number of carbonyl (C=O) groups is 1. The summed E-state index contributed by atoms with van der Waals surface area (Å²) in [5, 5.41) is 10.9. The molecule has 4 aromatic rings. The van der Waals surface area contributed by atoms with Crippen molar-refractivity contribution in [3.05, 3.63) is 95.4 Å². The molecule has 0 aliphatic carbocycles. The molecule has 37 heavy (non-hydrogen) atoms. The molecular weight excluding hydrogens is 473 g/mol. The maximum Gasteiger partial charge on any atom is 0.255 e. The first-order valence-electron chi connectivity index (χ1n) is 11.9. The predicted molar refractivity (Wildman–Crippen MR) is 139 cm³/mol. The van der Waals surface area contributed by atoms with E-state index in [0.29, 0.717) is 46.7 Å². The molecule has 2 N–H and O–H groups in total. The Kier molecular flexibility index (Phi) is 6.59. The van der Waals surface area contributed by atoms with Crippen LogP contribution < -0.4 is 20.1 Å². The standard InChI is InChI=1S/C28H26FN5O3/c1-4-37-21-15-11-19(12-16-21)26-32-28-30-17(2)24(27(35)31-22-7-5-6-8-23(22)36-3)25(34(28)33-26)18-9-13-20(29)14-10-18/h5-16,25H,4H2,1-3H3,(H,31,35)(H,30,32,33). The summed E-state index contributed by atoms with van der Waals surface area (Å²) in [7, 11) is 1.54. The second-order valence-electron chi connectivity index (χ2n) is 8.43. The number of benzene rings is 3. The Morgan fingerprint density at radius 2 is 1.81 bits per heavy atom. The van der Waals surface area contributed by atoms with Crippen LogP contribution in [0.2, 0.25) is 0 Å². The molecule has 2 heterocycles. The monoisotopic (exact) mass is 499 g/mol. The predicted octanol–water partition coefficient (Wildman–Crippen LogP) is 5.42. The fourth-order valence-corrected chi connectivity index (χ4v) is 4.33. The summed E-state index contributed by atoms with van der Waals surface area (Å²) >= 11 is 0. The number of anilines is 2. The lowest BCUT2D eigenvalue weighted by Gasteiger charge is -2.28. The van der Waals surface area contributed by atoms with Crippen LogP contribution >= 0.6 is 0 Å². The smallest absolute Gasteiger partial charge is 0.255 e. The zero-order valence-corrected chi connectivity index (χ0v) is 20.7. The Balaban J connectivity index is 1.56. The Labute approximate surface area is 213 Å². The number of hydrogen-bond acceptors (Lipinski definition) is 6. The van der Waals surface area contributed by atoms with Crippen molar-refractivity contribution in [3.8, 4) is 22.9 Å². The largest absolute Gasteiger partial charge is 0.495 e. The number of fused-ring (bicyclic) bond motifs is 1. The first-order valence-corrected chi connectivity index (χ1v) is 11.9. The first-order chi connectivity index (χ1) is 18.0. The van der Waals surface area contributed by atoms with Crippen LogP contribution in [0, 0.1) is 5.82 Å². The van der Waals surface area contributed by atoms with Gasteiger partial charge in [0.1, 0.15) is 23.4 Å². The summed E-state index contributed by atoms with van der Waals surface area (Å²) in [4.78, 5) is 18.4. The zero-order valence-electron chi connectivity index (χ0n) is 20.7. The van der Waals surface area contributed by atoms with Gasteiger partial charge in [-0.3, -0.25) is 4.79 Å². The molecule has 1 amide bonds. The highest BCUT2D eigenvalue weighted by atomic mass is 19.1. The van der Waals surface area contributed by atoms with Crippen molar-refractivity contribution in [2.24, 2.45) is 0 Å². The van der Waals surface area contributed by atoms with Crippen molar-refractivity contribution < 1.29 is 18.7 Å². The molecule has 188 valence electrons. The summed E-state index contributed by atoms with van der Waals surface area (Å²) in [6.07, 6.45) is 0. The maximum absolute atomic E-state index is 13.8. The van der Waals surface area contributed by atoms with Crippen molar-refractivity contribution in [1.82, 2.24) is 14.8 Å². The van der Waals surface area contributed by atoms with Gasteiger partial charge in [0.2, 0.25) is 5.95 Å². The fourth-order valence-electron chi connectivity index (χ4n) is 4.33. The van der Waals surface area contributed by atoms with Crippen molar-refractivity contribution in [3.63, 3.8) is 0 Å². The average molecular weight is 500 g/mol. The van der Waals surface area contributed by atoms with Gasteiger partial charge in [-0.2, -0.15) is 4.98 Å². The van der Waals surface area contributed by atoms with Gasteiger partial charge in [0.25, 0.3) is 5.91 Å². The van der Waals surface area contributed by atoms with E-state index in [9.17, 15) is 9.18 Å². The molecule has 0 saturated heterocycles. The summed E-state index contributed by atoms with van der Waals surface area (Å²) < 4.78 is 26.4. The van der Waals surface area contributed by atoms with Gasteiger partial charge in [0, 0.05) is 11.3 Å². The number of nitrogens with zero attached hydrogens (tertiary/aromatic N) is 3. The normalized spacial score (nSPS) is 14.5. The van der Waals surface area contributed by atoms with E-state index in [1.165, 1.54) is 12.1 Å². The van der Waals surface area contributed by atoms with Crippen molar-refractivity contribution in [2.75, 3.05) is 24.4 Å². The van der Waals surface area contributed by atoms with Gasteiger partial charge < -0.3 is 20.1 Å². The molecule has 8 nitrogen and oxygen atoms in total. The van der Waals surface area contributed by atoms with Crippen LogP contribution in [-0.4, -0.2) is 34.4 Å². The minimum absolute atomic E-state index is 0.340. The molecular formula is C28H26FN5O3. The fraction of sp³-hybridized carbons (Fsp3) is 0.179. The Morgan fingerprint density at radius 3 is 2.51 bits per heavy atom. The summed E-state index contributed by atoms with van der Waals surface area (Å²) in [5.74, 6) is 1.54. The van der Waals surface area contributed by atoms with Crippen LogP contribution in [0.4, 0.5) is 16.0 Å². The number of halogens is 1. The Morgan fingerprint density at radius 1 is 1.08 bits per heavy atom. The van der Waals surface area contributed by atoms with E-state index in [2.05, 4.69) is 15.6 Å². The van der Waals surface area contributed by atoms with Gasteiger partial charge in [0.05, 0.1) is 25.0 Å². The minimum atomic E-state index is -0.643. The topological polar surface area (TPSA) is 90.3 Å². The molecule has 1 aromatic heterocycles. The Hall–Kier alpha value is -4.66. The molecule has 0 fully saturated rings. The molecule has 0 spiro atoms. The van der Waals surface area contributed by atoms with E-state index in [4.69, 9.17) is 14.6 Å². The number of rotatable bonds is 7. The number of hydrogen-bond donors (Lipinski definition) is 2. The van der Waals surface area contributed by atoms with Crippen LogP contribution in [-0.2, 0) is 4.79 Å². The summed E-state index contributed by atoms with van der Waals surface area (Å²) in [6.45, 7) is 4.31. The third kappa shape index (κ3) is 4.75. The highest BCUT2D eigenvalue weighted by molar-refractivity contribution is 6.06. The van der Waals surface area contributed by atoms with E-state index < -0.39 is 6.04 Å². The number of aromatic nitrogens is 3. The molecule has 1 aliphatic rings. The van der Waals surface area contributed by atoms with Gasteiger partial charge in [-0.25, -0.2) is 9.07 Å². The van der Waals surface area contributed by atoms with Crippen molar-refractivity contribution in [1.29, 1.82) is 0 Å². The molecule has 0 saturated carbocycles. The van der Waals surface area contributed by atoms with Gasteiger partial charge in [-0.1, -0.05) is 24.3 Å². The zero-order chi connectivity index (χ0) is 25.9. The maximum atomic E-state index is 13.8. The third-order valence-corrected chi connectivity index (χ3v) is 6.06. The number of para-hydroxylation sites is 2. The van der Waals surface area contributed by atoms with Gasteiger partial charge >= 0.3 is 0 Å². The molecule has 3 aromatic carbocycles. The molecule has 0 radical (unpaired) electrons. The average Bonchev–Trinajstić information content (AvgIpc) is 3.33. The summed E-state index contributed by atoms with van der Waals surface area (Å²) in [6, 6.07) is 20.1. The number of allylic oxidation sites excluding steroid dienone is 1. The highest BCUT2D eigenvalue weighted by Gasteiger charge is 2.34. The molecule has 5 rings (SSSR count). The lowest BCUT2D eigenvalue weighted by molar-refractivity contribution is -0.113. The van der Waals surface area contributed by atoms with E-state index in [-0.39, 0.29) is 11.7 Å². The lowest BCUT2D eigenvalue weighted by Crippen LogP contribution is -2.31. The third-order valence-electron chi connectivity index (χ3n) is 6.06. The second kappa shape index (κ2) is 10.1. The van der Waals surface area contributed by atoms with E-state index in [1.54, 1.807) is 36.1 Å². The van der Waals surface area contributed by atoms with E-state index >= 15 is 0 Å². The van der Waals surface area contributed by atoms with Gasteiger partial charge in [-0.15, -0.1) is 5.10 Å². The first kappa shape index (κ1) is 24.1. The van der Waals surface area contributed by atoms with Crippen LogP contribution in [0.15, 0.2) is 84.1 Å². The molecule has 0 bridgehead atoms. The lowest BCUT2D eigenvalue weighted by atomic mass is 9.95. The van der Waals surface area contributed by atoms with Gasteiger partial charge in [-0.05, 0) is 67.9 Å². The molecule has 9 heteroatoms. The van der Waals surface area contributed by atoms with E-state index in [0.717, 1.165) is 11.3 Å². The van der Waals surface area contributed by atoms with E-state index in [1.807, 2.05) is 50.2 Å². The van der Waals surface area contributed by atoms with Crippen LogP contribution in [0.25, 0.3) is 11.4 Å². The minimum Gasteiger partial charge on any atom is -0.495 e. The Bertz CT molecular complexity index is 1460. The number of ether oxygens (including phenoxy) is 2. The number of amides is 1. The molecule has 1 aliphatic heterocycles. The van der Waals surface area contributed by atoms with Gasteiger partial charge in [0.15, 0.2) is 5.82 Å². The van der Waals surface area contributed by atoms with Crippen LogP contribution in [0.3, 0.4) is 0 Å². The number of carbonyl (C=O) groups excluding carboxylic acids is 1. The summed E-state index contributed by atoms with van der Waals surface area (Å²) in [5.41, 5.74) is 3.06. The number of methoxy groups -OCH3 is 1. The highest BCUT2D eigenvalue weighted by Crippen LogP contribution is 2.37. The van der Waals surface area contributed by atoms with Crippen molar-refractivity contribution in [2.45, 2.75) is 19.9 Å². The number of nitrogens with one attached hydrogen (secondary N) is 2. The van der Waals surface area contributed by atoms with Crippen LogP contribution in [0.1, 0.15) is 25.5 Å². The second-order valence-corrected chi connectivity index (χ2v) is 8.43. The molecule has 1 unspecified atom stereocenters.